The van der Waals surface area contributed by atoms with E-state index in [1.807, 2.05) is 0 Å². The van der Waals surface area contributed by atoms with Crippen LogP contribution in [-0.2, 0) is 4.79 Å². The zero-order valence-corrected chi connectivity index (χ0v) is 12.8. The Hall–Kier alpha value is -0.570. The predicted octanol–water partition coefficient (Wildman–Crippen LogP) is 2.66. The van der Waals surface area contributed by atoms with Crippen molar-refractivity contribution in [3.8, 4) is 0 Å². The lowest BCUT2D eigenvalue weighted by Gasteiger charge is -2.41. The van der Waals surface area contributed by atoms with Gasteiger partial charge >= 0.3 is 0 Å². The van der Waals surface area contributed by atoms with Crippen molar-refractivity contribution in [1.29, 1.82) is 0 Å². The molecular formula is C15H30N2O. The Morgan fingerprint density at radius 1 is 1.22 bits per heavy atom. The Kier molecular flexibility index (Phi) is 5.64. The van der Waals surface area contributed by atoms with Crippen molar-refractivity contribution in [2.24, 2.45) is 11.3 Å². The largest absolute Gasteiger partial charge is 0.340 e. The lowest BCUT2D eigenvalue weighted by atomic mass is 9.75. The fraction of sp³-hybridized carbons (Fsp3) is 0.933. The van der Waals surface area contributed by atoms with E-state index in [1.165, 1.54) is 0 Å². The maximum Gasteiger partial charge on any atom is 0.229 e. The topological polar surface area (TPSA) is 32.3 Å². The lowest BCUT2D eigenvalue weighted by Crippen LogP contribution is -2.52. The highest BCUT2D eigenvalue weighted by Crippen LogP contribution is 2.35. The number of nitrogens with one attached hydrogen (secondary N) is 1. The molecule has 3 heteroatoms. The molecule has 1 amide bonds. The van der Waals surface area contributed by atoms with E-state index >= 15 is 0 Å². The van der Waals surface area contributed by atoms with Gasteiger partial charge < -0.3 is 10.2 Å². The Labute approximate surface area is 112 Å². The van der Waals surface area contributed by atoms with Gasteiger partial charge in [-0.05, 0) is 52.1 Å². The number of piperidine rings is 1. The highest BCUT2D eigenvalue weighted by atomic mass is 16.2. The van der Waals surface area contributed by atoms with E-state index in [4.69, 9.17) is 0 Å². The third kappa shape index (κ3) is 3.47. The number of amides is 1. The molecule has 1 aliphatic heterocycles. The van der Waals surface area contributed by atoms with E-state index in [2.05, 4.69) is 44.8 Å². The first-order valence-corrected chi connectivity index (χ1v) is 7.44. The van der Waals surface area contributed by atoms with E-state index in [0.29, 0.717) is 17.9 Å². The van der Waals surface area contributed by atoms with Gasteiger partial charge in [-0.1, -0.05) is 20.8 Å². The van der Waals surface area contributed by atoms with Crippen LogP contribution in [0.15, 0.2) is 0 Å². The highest BCUT2D eigenvalue weighted by molar-refractivity contribution is 5.83. The summed E-state index contributed by atoms with van der Waals surface area (Å²) >= 11 is 0. The van der Waals surface area contributed by atoms with Crippen LogP contribution >= 0.6 is 0 Å². The molecule has 0 atom stereocenters. The summed E-state index contributed by atoms with van der Waals surface area (Å²) in [6.07, 6.45) is 2.95. The monoisotopic (exact) mass is 254 g/mol. The molecule has 1 heterocycles. The van der Waals surface area contributed by atoms with Gasteiger partial charge in [-0.2, -0.15) is 0 Å². The van der Waals surface area contributed by atoms with Gasteiger partial charge in [0.1, 0.15) is 0 Å². The molecule has 1 aliphatic rings. The lowest BCUT2D eigenvalue weighted by molar-refractivity contribution is -0.146. The van der Waals surface area contributed by atoms with Gasteiger partial charge in [-0.15, -0.1) is 0 Å². The minimum Gasteiger partial charge on any atom is -0.340 e. The summed E-state index contributed by atoms with van der Waals surface area (Å²) in [5, 5.41) is 3.37. The van der Waals surface area contributed by atoms with Crippen molar-refractivity contribution in [3.05, 3.63) is 0 Å². The number of carbonyl (C=O) groups excluding carboxylic acids is 1. The fourth-order valence-electron chi connectivity index (χ4n) is 2.85. The normalized spacial score (nSPS) is 19.3. The number of hydrogen-bond acceptors (Lipinski definition) is 2. The Morgan fingerprint density at radius 3 is 2.17 bits per heavy atom. The van der Waals surface area contributed by atoms with Gasteiger partial charge in [0, 0.05) is 12.6 Å². The third-order valence-corrected chi connectivity index (χ3v) is 4.14. The molecule has 1 N–H and O–H groups in total. The Morgan fingerprint density at radius 2 is 1.78 bits per heavy atom. The molecule has 0 radical (unpaired) electrons. The molecule has 18 heavy (non-hydrogen) atoms. The molecule has 0 aromatic rings. The molecule has 0 aromatic heterocycles. The van der Waals surface area contributed by atoms with Crippen molar-refractivity contribution in [2.75, 3.05) is 19.6 Å². The van der Waals surface area contributed by atoms with E-state index in [1.54, 1.807) is 0 Å². The van der Waals surface area contributed by atoms with Crippen LogP contribution in [-0.4, -0.2) is 36.5 Å². The average Bonchev–Trinajstić information content (AvgIpc) is 2.35. The number of rotatable bonds is 5. The molecule has 0 spiro atoms. The molecular weight excluding hydrogens is 224 g/mol. The third-order valence-electron chi connectivity index (χ3n) is 4.14. The van der Waals surface area contributed by atoms with Crippen LogP contribution in [0.1, 0.15) is 53.9 Å². The van der Waals surface area contributed by atoms with Crippen LogP contribution in [0.25, 0.3) is 0 Å². The molecule has 106 valence electrons. The Bertz CT molecular complexity index is 268. The quantitative estimate of drug-likeness (QED) is 0.818. The number of nitrogens with zero attached hydrogens (tertiary/aromatic N) is 1. The molecule has 0 saturated carbocycles. The smallest absolute Gasteiger partial charge is 0.229 e. The first kappa shape index (κ1) is 15.5. The summed E-state index contributed by atoms with van der Waals surface area (Å²) in [6, 6.07) is 0.304. The van der Waals surface area contributed by atoms with Crippen molar-refractivity contribution < 1.29 is 4.79 Å². The number of hydrogen-bond donors (Lipinski definition) is 1. The minimum atomic E-state index is -0.107. The maximum absolute atomic E-state index is 12.9. The fourth-order valence-corrected chi connectivity index (χ4v) is 2.85. The van der Waals surface area contributed by atoms with Gasteiger partial charge in [-0.25, -0.2) is 0 Å². The van der Waals surface area contributed by atoms with E-state index in [0.717, 1.165) is 38.9 Å². The van der Waals surface area contributed by atoms with Gasteiger partial charge in [0.2, 0.25) is 5.91 Å². The summed E-state index contributed by atoms with van der Waals surface area (Å²) in [7, 11) is 0. The summed E-state index contributed by atoms with van der Waals surface area (Å²) in [6.45, 7) is 13.6. The van der Waals surface area contributed by atoms with Crippen LogP contribution in [0.4, 0.5) is 0 Å². The average molecular weight is 254 g/mol. The SMILES string of the molecule is CCC1(C(=O)N(CC(C)C)C(C)C)CCNCC1. The van der Waals surface area contributed by atoms with Crippen LogP contribution in [0.2, 0.25) is 0 Å². The van der Waals surface area contributed by atoms with Crippen LogP contribution < -0.4 is 5.32 Å². The molecule has 0 aliphatic carbocycles. The minimum absolute atomic E-state index is 0.107. The molecule has 1 saturated heterocycles. The second-order valence-corrected chi connectivity index (χ2v) is 6.33. The summed E-state index contributed by atoms with van der Waals surface area (Å²) in [4.78, 5) is 15.0. The molecule has 1 rings (SSSR count). The van der Waals surface area contributed by atoms with Gasteiger partial charge in [0.15, 0.2) is 0 Å². The van der Waals surface area contributed by atoms with Gasteiger partial charge in [0.05, 0.1) is 5.41 Å². The van der Waals surface area contributed by atoms with Crippen LogP contribution in [0, 0.1) is 11.3 Å². The van der Waals surface area contributed by atoms with Gasteiger partial charge in [-0.3, -0.25) is 4.79 Å². The second-order valence-electron chi connectivity index (χ2n) is 6.33. The standard InChI is InChI=1S/C15H30N2O/c1-6-15(7-9-16-10-8-15)14(18)17(13(4)5)11-12(2)3/h12-13,16H,6-11H2,1-5H3. The Balaban J connectivity index is 2.85. The van der Waals surface area contributed by atoms with Crippen molar-refractivity contribution in [3.63, 3.8) is 0 Å². The van der Waals surface area contributed by atoms with E-state index < -0.39 is 0 Å². The summed E-state index contributed by atoms with van der Waals surface area (Å²) in [5.41, 5.74) is -0.107. The second kappa shape index (κ2) is 6.55. The molecule has 0 bridgehead atoms. The van der Waals surface area contributed by atoms with Crippen molar-refractivity contribution in [1.82, 2.24) is 10.2 Å². The van der Waals surface area contributed by atoms with E-state index in [-0.39, 0.29) is 5.41 Å². The van der Waals surface area contributed by atoms with Crippen molar-refractivity contribution in [2.45, 2.75) is 59.9 Å². The van der Waals surface area contributed by atoms with Crippen LogP contribution in [0.5, 0.6) is 0 Å². The molecule has 3 nitrogen and oxygen atoms in total. The maximum atomic E-state index is 12.9. The van der Waals surface area contributed by atoms with Crippen molar-refractivity contribution >= 4 is 5.91 Å². The first-order chi connectivity index (χ1) is 8.43. The van der Waals surface area contributed by atoms with Gasteiger partial charge in [0.25, 0.3) is 0 Å². The number of carbonyl (C=O) groups is 1. The first-order valence-electron chi connectivity index (χ1n) is 7.44. The zero-order valence-electron chi connectivity index (χ0n) is 12.8. The molecule has 1 fully saturated rings. The highest BCUT2D eigenvalue weighted by Gasteiger charge is 2.41. The molecule has 0 unspecified atom stereocenters. The van der Waals surface area contributed by atoms with E-state index in [9.17, 15) is 4.79 Å². The zero-order chi connectivity index (χ0) is 13.8. The summed E-state index contributed by atoms with van der Waals surface area (Å²) in [5.74, 6) is 0.919. The summed E-state index contributed by atoms with van der Waals surface area (Å²) < 4.78 is 0. The predicted molar refractivity (Wildman–Crippen MR) is 76.5 cm³/mol. The van der Waals surface area contributed by atoms with Crippen LogP contribution in [0.3, 0.4) is 0 Å². The molecule has 0 aromatic carbocycles.